The first-order chi connectivity index (χ1) is 27.2. The maximum Gasteiger partial charge on any atom is 0.0973 e. The highest BCUT2D eigenvalue weighted by molar-refractivity contribution is 6.22. The van der Waals surface area contributed by atoms with Gasteiger partial charge in [0.1, 0.15) is 0 Å². The standard InChI is InChI=1S/C53H36N2/c1-2-14-35-25-27-37(28-26-35)49-44-21-11-12-22-45(44)50(42-30-29-36-15-9-10-20-40(36)33-42)46-32-31-41(34-47(46)49)43-23-13-24-48-53(43)55-52(39-18-7-4-8-19-39)51(54-48)38-16-5-3-6-17-38/h2-34H,1H3/b14-2-. The summed E-state index contributed by atoms with van der Waals surface area (Å²) >= 11 is 0. The van der Waals surface area contributed by atoms with Crippen LogP contribution >= 0.6 is 0 Å². The van der Waals surface area contributed by atoms with Crippen molar-refractivity contribution in [3.8, 4) is 55.9 Å². The monoisotopic (exact) mass is 700 g/mol. The van der Waals surface area contributed by atoms with Crippen LogP contribution in [-0.2, 0) is 0 Å². The van der Waals surface area contributed by atoms with Crippen LogP contribution < -0.4 is 0 Å². The second-order valence-electron chi connectivity index (χ2n) is 14.1. The van der Waals surface area contributed by atoms with Crippen molar-refractivity contribution in [2.24, 2.45) is 0 Å². The van der Waals surface area contributed by atoms with E-state index in [0.717, 1.165) is 44.7 Å². The van der Waals surface area contributed by atoms with Gasteiger partial charge in [0.2, 0.25) is 0 Å². The number of hydrogen-bond donors (Lipinski definition) is 0. The van der Waals surface area contributed by atoms with Gasteiger partial charge >= 0.3 is 0 Å². The van der Waals surface area contributed by atoms with Crippen molar-refractivity contribution in [2.75, 3.05) is 0 Å². The maximum absolute atomic E-state index is 5.46. The van der Waals surface area contributed by atoms with Crippen molar-refractivity contribution < 1.29 is 0 Å². The van der Waals surface area contributed by atoms with E-state index in [-0.39, 0.29) is 0 Å². The number of rotatable bonds is 6. The summed E-state index contributed by atoms with van der Waals surface area (Å²) in [5.74, 6) is 0. The van der Waals surface area contributed by atoms with Crippen LogP contribution in [0.1, 0.15) is 12.5 Å². The Kier molecular flexibility index (Phi) is 8.08. The Balaban J connectivity index is 1.27. The first-order valence-electron chi connectivity index (χ1n) is 18.9. The van der Waals surface area contributed by atoms with Gasteiger partial charge in [-0.3, -0.25) is 0 Å². The van der Waals surface area contributed by atoms with Crippen molar-refractivity contribution in [1.29, 1.82) is 0 Å². The molecule has 2 nitrogen and oxygen atoms in total. The van der Waals surface area contributed by atoms with Crippen LogP contribution in [-0.4, -0.2) is 9.97 Å². The molecule has 0 aliphatic heterocycles. The zero-order valence-corrected chi connectivity index (χ0v) is 30.4. The zero-order valence-electron chi connectivity index (χ0n) is 30.4. The minimum Gasteiger partial charge on any atom is -0.244 e. The van der Waals surface area contributed by atoms with Crippen LogP contribution in [0.2, 0.25) is 0 Å². The average Bonchev–Trinajstić information content (AvgIpc) is 3.25. The van der Waals surface area contributed by atoms with E-state index < -0.39 is 0 Å². The van der Waals surface area contributed by atoms with Gasteiger partial charge in [-0.25, -0.2) is 9.97 Å². The maximum atomic E-state index is 5.46. The van der Waals surface area contributed by atoms with Gasteiger partial charge < -0.3 is 0 Å². The van der Waals surface area contributed by atoms with E-state index in [1.54, 1.807) is 0 Å². The molecule has 0 saturated heterocycles. The third kappa shape index (κ3) is 5.76. The summed E-state index contributed by atoms with van der Waals surface area (Å²) in [5, 5.41) is 7.35. The molecule has 10 rings (SSSR count). The van der Waals surface area contributed by atoms with E-state index in [4.69, 9.17) is 9.97 Å². The summed E-state index contributed by atoms with van der Waals surface area (Å²) < 4.78 is 0. The number of aromatic nitrogens is 2. The zero-order chi connectivity index (χ0) is 36.7. The Morgan fingerprint density at radius 2 is 0.964 bits per heavy atom. The molecule has 258 valence electrons. The van der Waals surface area contributed by atoms with Crippen molar-refractivity contribution in [3.63, 3.8) is 0 Å². The second kappa shape index (κ2) is 13.7. The van der Waals surface area contributed by atoms with Crippen LogP contribution in [0.5, 0.6) is 0 Å². The van der Waals surface area contributed by atoms with Gasteiger partial charge in [-0.05, 0) is 90.8 Å². The summed E-state index contributed by atoms with van der Waals surface area (Å²) in [6.07, 6.45) is 4.24. The van der Waals surface area contributed by atoms with E-state index in [0.29, 0.717) is 0 Å². The molecule has 55 heavy (non-hydrogen) atoms. The Hall–Kier alpha value is -7.16. The number of hydrogen-bond acceptors (Lipinski definition) is 2. The molecule has 0 aliphatic carbocycles. The number of para-hydroxylation sites is 1. The molecule has 10 aromatic rings. The molecule has 0 saturated carbocycles. The molecule has 0 spiro atoms. The van der Waals surface area contributed by atoms with Gasteiger partial charge in [0.25, 0.3) is 0 Å². The third-order valence-corrected chi connectivity index (χ3v) is 10.7. The predicted molar refractivity (Wildman–Crippen MR) is 234 cm³/mol. The summed E-state index contributed by atoms with van der Waals surface area (Å²) in [6, 6.07) is 67.4. The normalized spacial score (nSPS) is 11.7. The molecule has 2 heteroatoms. The minimum atomic E-state index is 0.867. The van der Waals surface area contributed by atoms with Crippen molar-refractivity contribution in [2.45, 2.75) is 6.92 Å². The highest BCUT2D eigenvalue weighted by Crippen LogP contribution is 2.46. The molecule has 0 fully saturated rings. The summed E-state index contributed by atoms with van der Waals surface area (Å²) in [5.41, 5.74) is 13.8. The van der Waals surface area contributed by atoms with E-state index in [2.05, 4.69) is 195 Å². The van der Waals surface area contributed by atoms with Crippen LogP contribution in [0.25, 0.3) is 105 Å². The molecular weight excluding hydrogens is 665 g/mol. The molecule has 0 N–H and O–H groups in total. The average molecular weight is 701 g/mol. The topological polar surface area (TPSA) is 25.8 Å². The van der Waals surface area contributed by atoms with Crippen LogP contribution in [0.3, 0.4) is 0 Å². The molecule has 9 aromatic carbocycles. The molecule has 0 radical (unpaired) electrons. The number of nitrogens with zero attached hydrogens (tertiary/aromatic N) is 2. The van der Waals surface area contributed by atoms with Crippen LogP contribution in [0, 0.1) is 0 Å². The number of allylic oxidation sites excluding steroid dienone is 1. The predicted octanol–water partition coefficient (Wildman–Crippen LogP) is 14.5. The van der Waals surface area contributed by atoms with Crippen molar-refractivity contribution in [1.82, 2.24) is 9.97 Å². The van der Waals surface area contributed by atoms with Gasteiger partial charge in [0, 0.05) is 16.7 Å². The lowest BCUT2D eigenvalue weighted by Gasteiger charge is -2.19. The number of benzene rings is 9. The molecule has 0 aliphatic rings. The van der Waals surface area contributed by atoms with E-state index in [1.165, 1.54) is 60.1 Å². The molecule has 1 aromatic heterocycles. The fourth-order valence-electron chi connectivity index (χ4n) is 8.17. The van der Waals surface area contributed by atoms with Gasteiger partial charge in [-0.1, -0.05) is 182 Å². The van der Waals surface area contributed by atoms with Gasteiger partial charge in [0.05, 0.1) is 22.4 Å². The van der Waals surface area contributed by atoms with Gasteiger partial charge in [0.15, 0.2) is 0 Å². The van der Waals surface area contributed by atoms with Crippen LogP contribution in [0.15, 0.2) is 194 Å². The van der Waals surface area contributed by atoms with Crippen molar-refractivity contribution >= 4 is 49.4 Å². The lowest BCUT2D eigenvalue weighted by Crippen LogP contribution is -1.97. The molecule has 0 amide bonds. The fourth-order valence-corrected chi connectivity index (χ4v) is 8.17. The molecular formula is C53H36N2. The minimum absolute atomic E-state index is 0.867. The molecule has 1 heterocycles. The Bertz CT molecular complexity index is 3070. The second-order valence-corrected chi connectivity index (χ2v) is 14.1. The molecule has 0 atom stereocenters. The number of fused-ring (bicyclic) bond motifs is 4. The smallest absolute Gasteiger partial charge is 0.0973 e. The van der Waals surface area contributed by atoms with Gasteiger partial charge in [-0.2, -0.15) is 0 Å². The SMILES string of the molecule is C/C=C\c1ccc(-c2c3ccccc3c(-c3ccc4ccccc4c3)c3ccc(-c4cccc5nc(-c6ccccc6)c(-c6ccccc6)nc45)cc23)cc1. The largest absolute Gasteiger partial charge is 0.244 e. The summed E-state index contributed by atoms with van der Waals surface area (Å²) in [4.78, 5) is 10.8. The summed E-state index contributed by atoms with van der Waals surface area (Å²) in [7, 11) is 0. The summed E-state index contributed by atoms with van der Waals surface area (Å²) in [6.45, 7) is 2.06. The Morgan fingerprint density at radius 3 is 1.67 bits per heavy atom. The molecule has 0 unspecified atom stereocenters. The third-order valence-electron chi connectivity index (χ3n) is 10.7. The van der Waals surface area contributed by atoms with E-state index in [1.807, 2.05) is 12.1 Å². The highest BCUT2D eigenvalue weighted by Gasteiger charge is 2.20. The first-order valence-corrected chi connectivity index (χ1v) is 18.9. The van der Waals surface area contributed by atoms with Gasteiger partial charge in [-0.15, -0.1) is 0 Å². The first kappa shape index (κ1) is 32.5. The van der Waals surface area contributed by atoms with Crippen LogP contribution in [0.4, 0.5) is 0 Å². The highest BCUT2D eigenvalue weighted by atomic mass is 14.8. The van der Waals surface area contributed by atoms with Crippen molar-refractivity contribution in [3.05, 3.63) is 200 Å². The quantitative estimate of drug-likeness (QED) is 0.161. The Labute approximate surface area is 320 Å². The fraction of sp³-hybridized carbons (Fsp3) is 0.0189. The molecule has 0 bridgehead atoms. The lowest BCUT2D eigenvalue weighted by atomic mass is 9.84. The lowest BCUT2D eigenvalue weighted by molar-refractivity contribution is 1.29. The van der Waals surface area contributed by atoms with E-state index in [9.17, 15) is 0 Å². The van der Waals surface area contributed by atoms with E-state index >= 15 is 0 Å². The Morgan fingerprint density at radius 1 is 0.382 bits per heavy atom.